The predicted octanol–water partition coefficient (Wildman–Crippen LogP) is 5.43. The van der Waals surface area contributed by atoms with Crippen LogP contribution in [0.3, 0.4) is 0 Å². The molecule has 4 rings (SSSR count). The molecule has 0 saturated heterocycles. The van der Waals surface area contributed by atoms with E-state index in [2.05, 4.69) is 24.0 Å². The average Bonchev–Trinajstić information content (AvgIpc) is 3.52. The van der Waals surface area contributed by atoms with E-state index in [1.54, 1.807) is 23.8 Å². The number of hydrogen-bond acceptors (Lipinski definition) is 10. The molecule has 2 aromatic heterocycles. The Balaban J connectivity index is 1.49. The molecule has 0 atom stereocenters. The molecular formula is C21H22F6N5O5PS. The highest BCUT2D eigenvalue weighted by molar-refractivity contribution is 7.99. The zero-order valence-corrected chi connectivity index (χ0v) is 21.9. The summed E-state index contributed by atoms with van der Waals surface area (Å²) < 4.78 is 109. The van der Waals surface area contributed by atoms with Crippen molar-refractivity contribution in [3.05, 3.63) is 30.6 Å². The van der Waals surface area contributed by atoms with Crippen LogP contribution >= 0.6 is 19.4 Å². The Morgan fingerprint density at radius 2 is 1.67 bits per heavy atom. The largest absolute Gasteiger partial charge is 0.497 e. The SMILES string of the molecule is COc1ccc(Sc2nc(N)nc3c2ncn3CC2(OCP(=O)(OCC(F)(F)F)OCC(F)(F)F)CC2)cc1. The molecule has 39 heavy (non-hydrogen) atoms. The van der Waals surface area contributed by atoms with E-state index in [-0.39, 0.29) is 12.5 Å². The van der Waals surface area contributed by atoms with E-state index in [0.29, 0.717) is 34.8 Å². The van der Waals surface area contributed by atoms with E-state index in [0.717, 1.165) is 4.90 Å². The van der Waals surface area contributed by atoms with Gasteiger partial charge in [-0.1, -0.05) is 11.8 Å². The fourth-order valence-corrected chi connectivity index (χ4v) is 5.56. The summed E-state index contributed by atoms with van der Waals surface area (Å²) in [6.07, 6.45) is -8.81. The minimum absolute atomic E-state index is 0.0448. The summed E-state index contributed by atoms with van der Waals surface area (Å²) in [6, 6.07) is 7.17. The predicted molar refractivity (Wildman–Crippen MR) is 126 cm³/mol. The van der Waals surface area contributed by atoms with Crippen LogP contribution in [0.4, 0.5) is 32.3 Å². The Morgan fingerprint density at radius 1 is 1.05 bits per heavy atom. The molecule has 1 saturated carbocycles. The number of alkyl halides is 6. The minimum Gasteiger partial charge on any atom is -0.497 e. The summed E-state index contributed by atoms with van der Waals surface area (Å²) >= 11 is 1.28. The van der Waals surface area contributed by atoms with Gasteiger partial charge in [0.25, 0.3) is 0 Å². The van der Waals surface area contributed by atoms with E-state index in [9.17, 15) is 30.9 Å². The minimum atomic E-state index is -4.94. The van der Waals surface area contributed by atoms with Gasteiger partial charge in [0.2, 0.25) is 5.95 Å². The van der Waals surface area contributed by atoms with Crippen LogP contribution in [0.5, 0.6) is 5.75 Å². The lowest BCUT2D eigenvalue weighted by Gasteiger charge is -2.23. The summed E-state index contributed by atoms with van der Waals surface area (Å²) in [4.78, 5) is 13.6. The first kappa shape index (κ1) is 29.4. The van der Waals surface area contributed by atoms with Crippen molar-refractivity contribution in [2.45, 2.75) is 47.3 Å². The number of hydrogen-bond donors (Lipinski definition) is 1. The van der Waals surface area contributed by atoms with Gasteiger partial charge in [-0.3, -0.25) is 13.6 Å². The van der Waals surface area contributed by atoms with Crippen molar-refractivity contribution in [1.82, 2.24) is 19.5 Å². The van der Waals surface area contributed by atoms with E-state index in [1.165, 1.54) is 18.1 Å². The number of nitrogen functional groups attached to an aromatic ring is 1. The van der Waals surface area contributed by atoms with Crippen LogP contribution < -0.4 is 10.5 Å². The van der Waals surface area contributed by atoms with Crippen LogP contribution in [0.15, 0.2) is 40.5 Å². The molecule has 0 unspecified atom stereocenters. The molecule has 2 heterocycles. The van der Waals surface area contributed by atoms with Gasteiger partial charge in [-0.2, -0.15) is 31.3 Å². The van der Waals surface area contributed by atoms with Crippen LogP contribution in [0.1, 0.15) is 12.8 Å². The number of methoxy groups -OCH3 is 1. The van der Waals surface area contributed by atoms with E-state index < -0.39 is 45.1 Å². The Bertz CT molecular complexity index is 1330. The third kappa shape index (κ3) is 8.20. The fourth-order valence-electron chi connectivity index (χ4n) is 3.35. The number of aromatic nitrogens is 4. The number of imidazole rings is 1. The van der Waals surface area contributed by atoms with Gasteiger partial charge < -0.3 is 19.8 Å². The first-order valence-corrected chi connectivity index (χ1v) is 13.7. The van der Waals surface area contributed by atoms with E-state index >= 15 is 0 Å². The molecule has 0 aliphatic heterocycles. The zero-order chi connectivity index (χ0) is 28.5. The molecule has 1 aliphatic rings. The van der Waals surface area contributed by atoms with Gasteiger partial charge >= 0.3 is 19.9 Å². The molecule has 1 aliphatic carbocycles. The molecule has 18 heteroatoms. The summed E-state index contributed by atoms with van der Waals surface area (Å²) in [7, 11) is -3.37. The van der Waals surface area contributed by atoms with Crippen LogP contribution in [-0.4, -0.2) is 64.1 Å². The third-order valence-corrected chi connectivity index (χ3v) is 7.84. The summed E-state index contributed by atoms with van der Waals surface area (Å²) in [6.45, 7) is -4.07. The van der Waals surface area contributed by atoms with Crippen LogP contribution in [0, 0.1) is 0 Å². The smallest absolute Gasteiger partial charge is 0.412 e. The number of benzene rings is 1. The van der Waals surface area contributed by atoms with Crippen molar-refractivity contribution in [2.75, 3.05) is 32.4 Å². The van der Waals surface area contributed by atoms with Gasteiger partial charge in [-0.15, -0.1) is 0 Å². The molecule has 1 fully saturated rings. The van der Waals surface area contributed by atoms with Crippen LogP contribution in [0.25, 0.3) is 11.2 Å². The summed E-state index contributed by atoms with van der Waals surface area (Å²) in [5, 5.41) is 0.456. The molecule has 10 nitrogen and oxygen atoms in total. The molecule has 2 N–H and O–H groups in total. The highest BCUT2D eigenvalue weighted by Crippen LogP contribution is 2.53. The number of ether oxygens (including phenoxy) is 2. The monoisotopic (exact) mass is 601 g/mol. The van der Waals surface area contributed by atoms with Crippen molar-refractivity contribution >= 4 is 36.5 Å². The number of nitrogens with zero attached hydrogens (tertiary/aromatic N) is 4. The van der Waals surface area contributed by atoms with Crippen LogP contribution in [-0.2, 0) is 24.9 Å². The average molecular weight is 601 g/mol. The van der Waals surface area contributed by atoms with Gasteiger partial charge in [0, 0.05) is 4.90 Å². The lowest BCUT2D eigenvalue weighted by atomic mass is 10.3. The molecule has 0 bridgehead atoms. The maximum atomic E-state index is 12.7. The number of fused-ring (bicyclic) bond motifs is 1. The van der Waals surface area contributed by atoms with Gasteiger partial charge in [-0.25, -0.2) is 9.97 Å². The Kier molecular flexibility index (Phi) is 8.38. The lowest BCUT2D eigenvalue weighted by Crippen LogP contribution is -2.25. The fraction of sp³-hybridized carbons (Fsp3) is 0.476. The van der Waals surface area contributed by atoms with E-state index in [4.69, 9.17) is 15.2 Å². The maximum Gasteiger partial charge on any atom is 0.412 e. The summed E-state index contributed by atoms with van der Waals surface area (Å²) in [5.41, 5.74) is 5.58. The van der Waals surface area contributed by atoms with Crippen LogP contribution in [0.2, 0.25) is 0 Å². The first-order valence-electron chi connectivity index (χ1n) is 11.1. The van der Waals surface area contributed by atoms with Gasteiger partial charge in [0.1, 0.15) is 22.6 Å². The second-order valence-electron chi connectivity index (χ2n) is 8.55. The van der Waals surface area contributed by atoms with Gasteiger partial charge in [0.15, 0.2) is 18.9 Å². The topological polar surface area (TPSA) is 124 Å². The molecule has 214 valence electrons. The molecule has 0 radical (unpaired) electrons. The summed E-state index contributed by atoms with van der Waals surface area (Å²) in [5.74, 6) is 0.625. The van der Waals surface area contributed by atoms with Gasteiger partial charge in [0.05, 0.1) is 25.6 Å². The second kappa shape index (κ2) is 11.1. The van der Waals surface area contributed by atoms with Gasteiger partial charge in [-0.05, 0) is 37.1 Å². The first-order chi connectivity index (χ1) is 18.2. The number of rotatable bonds is 12. The van der Waals surface area contributed by atoms with Crippen molar-refractivity contribution < 1.29 is 49.4 Å². The highest BCUT2D eigenvalue weighted by Gasteiger charge is 2.48. The second-order valence-corrected chi connectivity index (χ2v) is 11.6. The lowest BCUT2D eigenvalue weighted by molar-refractivity contribution is -0.166. The third-order valence-electron chi connectivity index (χ3n) is 5.37. The molecule has 1 aromatic carbocycles. The highest BCUT2D eigenvalue weighted by atomic mass is 32.2. The molecular weight excluding hydrogens is 579 g/mol. The zero-order valence-electron chi connectivity index (χ0n) is 20.2. The molecule has 3 aromatic rings. The van der Waals surface area contributed by atoms with Crippen molar-refractivity contribution in [2.24, 2.45) is 0 Å². The number of nitrogens with two attached hydrogens (primary N) is 1. The normalized spacial score (nSPS) is 15.6. The number of anilines is 1. The molecule has 0 spiro atoms. The maximum absolute atomic E-state index is 12.7. The van der Waals surface area contributed by atoms with Crippen molar-refractivity contribution in [3.8, 4) is 5.75 Å². The molecule has 0 amide bonds. The van der Waals surface area contributed by atoms with E-state index in [1.807, 2.05) is 12.1 Å². The van der Waals surface area contributed by atoms with Crippen molar-refractivity contribution in [1.29, 1.82) is 0 Å². The standard InChI is InChI=1S/C21H22F6N5O5PS/c1-34-13-2-4-14(5-3-13)39-17-15-16(30-18(28)31-17)32(11-29-15)8-19(6-7-19)35-12-38(33,36-9-20(22,23)24)37-10-21(25,26)27/h2-5,11H,6-10,12H2,1H3,(H2,28,30,31). The Labute approximate surface area is 221 Å². The Morgan fingerprint density at radius 3 is 2.21 bits per heavy atom. The van der Waals surface area contributed by atoms with Crippen molar-refractivity contribution in [3.63, 3.8) is 0 Å². The quantitative estimate of drug-likeness (QED) is 0.163. The Hall–Kier alpha value is -2.59. The number of halogens is 6.